The van der Waals surface area contributed by atoms with Crippen molar-refractivity contribution in [3.63, 3.8) is 0 Å². The lowest BCUT2D eigenvalue weighted by Gasteiger charge is -2.22. The van der Waals surface area contributed by atoms with Crippen molar-refractivity contribution < 1.29 is 5.11 Å². The molecule has 0 saturated heterocycles. The van der Waals surface area contributed by atoms with E-state index in [9.17, 15) is 5.11 Å². The number of terminal acetylenes is 1. The van der Waals surface area contributed by atoms with Gasteiger partial charge in [0.15, 0.2) is 0 Å². The zero-order chi connectivity index (χ0) is 10.2. The molecule has 72 valence electrons. The second-order valence-electron chi connectivity index (χ2n) is 3.84. The van der Waals surface area contributed by atoms with Crippen molar-refractivity contribution in [3.05, 3.63) is 35.4 Å². The van der Waals surface area contributed by atoms with Gasteiger partial charge in [0.05, 0.1) is 11.6 Å². The van der Waals surface area contributed by atoms with Crippen LogP contribution in [0.5, 0.6) is 0 Å². The van der Waals surface area contributed by atoms with Gasteiger partial charge in [-0.2, -0.15) is 0 Å². The number of benzene rings is 1. The molecule has 0 saturated carbocycles. The Hall–Kier alpha value is -1.30. The first-order valence-corrected chi connectivity index (χ1v) is 4.67. The smallest absolute Gasteiger partial charge is 0.0814 e. The van der Waals surface area contributed by atoms with Crippen LogP contribution in [0.25, 0.3) is 0 Å². The fourth-order valence-electron chi connectivity index (χ4n) is 2.16. The van der Waals surface area contributed by atoms with Crippen molar-refractivity contribution in [2.75, 3.05) is 0 Å². The van der Waals surface area contributed by atoms with Crippen LogP contribution >= 0.6 is 0 Å². The minimum atomic E-state index is -0.537. The zero-order valence-electron chi connectivity index (χ0n) is 7.90. The molecule has 0 aromatic heterocycles. The van der Waals surface area contributed by atoms with Crippen molar-refractivity contribution >= 4 is 0 Å². The Bertz CT molecular complexity index is 394. The van der Waals surface area contributed by atoms with Gasteiger partial charge in [-0.1, -0.05) is 24.3 Å². The molecule has 0 aliphatic heterocycles. The highest BCUT2D eigenvalue weighted by Gasteiger charge is 2.39. The number of nitrogens with two attached hydrogens (primary N) is 1. The molecule has 0 fully saturated rings. The minimum absolute atomic E-state index is 0.468. The van der Waals surface area contributed by atoms with Gasteiger partial charge in [-0.25, -0.2) is 0 Å². The van der Waals surface area contributed by atoms with Crippen LogP contribution in [-0.2, 0) is 5.54 Å². The minimum Gasteiger partial charge on any atom is -0.388 e. The van der Waals surface area contributed by atoms with Gasteiger partial charge < -0.3 is 10.8 Å². The Morgan fingerprint density at radius 3 is 3.00 bits per heavy atom. The van der Waals surface area contributed by atoms with Crippen molar-refractivity contribution in [1.82, 2.24) is 0 Å². The number of aliphatic hydroxyl groups is 1. The van der Waals surface area contributed by atoms with Gasteiger partial charge in [-0.3, -0.25) is 0 Å². The van der Waals surface area contributed by atoms with Gasteiger partial charge in [0.1, 0.15) is 0 Å². The van der Waals surface area contributed by atoms with Crippen molar-refractivity contribution in [3.8, 4) is 12.3 Å². The monoisotopic (exact) mass is 187 g/mol. The molecule has 3 N–H and O–H groups in total. The molecule has 0 bridgehead atoms. The molecule has 1 aromatic rings. The molecule has 0 spiro atoms. The molecular formula is C12H13NO. The average molecular weight is 187 g/mol. The van der Waals surface area contributed by atoms with E-state index in [-0.39, 0.29) is 0 Å². The summed E-state index contributed by atoms with van der Waals surface area (Å²) in [5, 5.41) is 9.80. The second-order valence-corrected chi connectivity index (χ2v) is 3.84. The fraction of sp³-hybridized carbons (Fsp3) is 0.333. The second kappa shape index (κ2) is 3.13. The first-order valence-electron chi connectivity index (χ1n) is 4.67. The van der Waals surface area contributed by atoms with Crippen LogP contribution in [0.4, 0.5) is 0 Å². The number of fused-ring (bicyclic) bond motifs is 1. The van der Waals surface area contributed by atoms with Gasteiger partial charge in [-0.15, -0.1) is 12.3 Å². The van der Waals surface area contributed by atoms with E-state index in [2.05, 4.69) is 5.92 Å². The molecule has 2 unspecified atom stereocenters. The Labute approximate surface area is 83.7 Å². The van der Waals surface area contributed by atoms with Gasteiger partial charge in [0.2, 0.25) is 0 Å². The summed E-state index contributed by atoms with van der Waals surface area (Å²) in [6.07, 6.45) is 5.81. The molecule has 0 heterocycles. The maximum atomic E-state index is 9.80. The summed E-state index contributed by atoms with van der Waals surface area (Å²) in [5.74, 6) is 2.58. The SMILES string of the molecule is C#CCC1(N)CC(O)c2ccccc21. The number of rotatable bonds is 1. The highest BCUT2D eigenvalue weighted by atomic mass is 16.3. The zero-order valence-corrected chi connectivity index (χ0v) is 7.90. The third kappa shape index (κ3) is 1.22. The third-order valence-corrected chi connectivity index (χ3v) is 2.83. The van der Waals surface area contributed by atoms with Crippen LogP contribution in [0.1, 0.15) is 30.1 Å². The van der Waals surface area contributed by atoms with Gasteiger partial charge >= 0.3 is 0 Å². The summed E-state index contributed by atoms with van der Waals surface area (Å²) in [4.78, 5) is 0. The summed E-state index contributed by atoms with van der Waals surface area (Å²) >= 11 is 0. The molecule has 2 rings (SSSR count). The van der Waals surface area contributed by atoms with Crippen molar-refractivity contribution in [2.45, 2.75) is 24.5 Å². The van der Waals surface area contributed by atoms with Crippen LogP contribution in [0, 0.1) is 12.3 Å². The average Bonchev–Trinajstić information content (AvgIpc) is 2.41. The Kier molecular flexibility index (Phi) is 2.07. The predicted molar refractivity (Wildman–Crippen MR) is 55.3 cm³/mol. The maximum Gasteiger partial charge on any atom is 0.0814 e. The van der Waals surface area contributed by atoms with Gasteiger partial charge in [0.25, 0.3) is 0 Å². The van der Waals surface area contributed by atoms with Crippen LogP contribution in [0.2, 0.25) is 0 Å². The first-order chi connectivity index (χ1) is 6.67. The van der Waals surface area contributed by atoms with E-state index < -0.39 is 11.6 Å². The molecule has 0 radical (unpaired) electrons. The lowest BCUT2D eigenvalue weighted by molar-refractivity contribution is 0.156. The lowest BCUT2D eigenvalue weighted by atomic mass is 9.90. The van der Waals surface area contributed by atoms with E-state index in [1.807, 2.05) is 24.3 Å². The fourth-order valence-corrected chi connectivity index (χ4v) is 2.16. The summed E-state index contributed by atoms with van der Waals surface area (Å²) in [6.45, 7) is 0. The van der Waals surface area contributed by atoms with E-state index in [1.165, 1.54) is 0 Å². The Morgan fingerprint density at radius 2 is 2.29 bits per heavy atom. The van der Waals surface area contributed by atoms with Crippen LogP contribution in [-0.4, -0.2) is 5.11 Å². The third-order valence-electron chi connectivity index (χ3n) is 2.83. The lowest BCUT2D eigenvalue weighted by Crippen LogP contribution is -2.33. The molecule has 2 nitrogen and oxygen atoms in total. The summed E-state index contributed by atoms with van der Waals surface area (Å²) in [5.41, 5.74) is 7.54. The quantitative estimate of drug-likeness (QED) is 0.651. The van der Waals surface area contributed by atoms with Gasteiger partial charge in [-0.05, 0) is 11.1 Å². The van der Waals surface area contributed by atoms with Crippen LogP contribution in [0.15, 0.2) is 24.3 Å². The normalized spacial score (nSPS) is 29.6. The molecular weight excluding hydrogens is 174 g/mol. The molecule has 2 heteroatoms. The topological polar surface area (TPSA) is 46.2 Å². The number of hydrogen-bond donors (Lipinski definition) is 2. The molecule has 1 aliphatic carbocycles. The maximum absolute atomic E-state index is 9.80. The Balaban J connectivity index is 2.49. The predicted octanol–water partition coefficient (Wildman–Crippen LogP) is 1.30. The molecule has 1 aromatic carbocycles. The number of hydrogen-bond acceptors (Lipinski definition) is 2. The Morgan fingerprint density at radius 1 is 1.57 bits per heavy atom. The van der Waals surface area contributed by atoms with E-state index >= 15 is 0 Å². The highest BCUT2D eigenvalue weighted by molar-refractivity contribution is 5.41. The van der Waals surface area contributed by atoms with Crippen molar-refractivity contribution in [1.29, 1.82) is 0 Å². The van der Waals surface area contributed by atoms with E-state index in [0.29, 0.717) is 12.8 Å². The largest absolute Gasteiger partial charge is 0.388 e. The summed E-state index contributed by atoms with van der Waals surface area (Å²) in [7, 11) is 0. The van der Waals surface area contributed by atoms with Gasteiger partial charge in [0, 0.05) is 12.8 Å². The van der Waals surface area contributed by atoms with Crippen LogP contribution < -0.4 is 5.73 Å². The standard InChI is InChI=1S/C12H13NO/c1-2-7-12(13)8-11(14)9-5-3-4-6-10(9)12/h1,3-6,11,14H,7-8,13H2. The highest BCUT2D eigenvalue weighted by Crippen LogP contribution is 2.42. The number of aliphatic hydroxyl groups excluding tert-OH is 1. The first kappa shape index (κ1) is 9.26. The van der Waals surface area contributed by atoms with E-state index in [4.69, 9.17) is 12.2 Å². The van der Waals surface area contributed by atoms with E-state index in [1.54, 1.807) is 0 Å². The molecule has 2 atom stereocenters. The summed E-state index contributed by atoms with van der Waals surface area (Å²) in [6, 6.07) is 7.69. The molecule has 14 heavy (non-hydrogen) atoms. The van der Waals surface area contributed by atoms with Crippen molar-refractivity contribution in [2.24, 2.45) is 5.73 Å². The molecule has 1 aliphatic rings. The van der Waals surface area contributed by atoms with E-state index in [0.717, 1.165) is 11.1 Å². The molecule has 0 amide bonds. The summed E-state index contributed by atoms with van der Waals surface area (Å²) < 4.78 is 0. The van der Waals surface area contributed by atoms with Crippen LogP contribution in [0.3, 0.4) is 0 Å².